The van der Waals surface area contributed by atoms with Crippen LogP contribution >= 0.6 is 11.6 Å². The summed E-state index contributed by atoms with van der Waals surface area (Å²) in [5.74, 6) is 0.778. The molecule has 0 fully saturated rings. The van der Waals surface area contributed by atoms with Crippen LogP contribution in [0.4, 0.5) is 11.5 Å². The molecule has 0 unspecified atom stereocenters. The van der Waals surface area contributed by atoms with Crippen LogP contribution in [0, 0.1) is 0 Å². The van der Waals surface area contributed by atoms with Gasteiger partial charge in [-0.05, 0) is 17.7 Å². The Morgan fingerprint density at radius 3 is 2.77 bits per heavy atom. The van der Waals surface area contributed by atoms with Gasteiger partial charge >= 0.3 is 5.69 Å². The highest BCUT2D eigenvalue weighted by atomic mass is 35.5. The quantitative estimate of drug-likeness (QED) is 0.646. The van der Waals surface area contributed by atoms with Crippen molar-refractivity contribution in [2.24, 2.45) is 0 Å². The third kappa shape index (κ3) is 3.92. The first kappa shape index (κ1) is 20.1. The van der Waals surface area contributed by atoms with Crippen LogP contribution in [0.3, 0.4) is 0 Å². The van der Waals surface area contributed by atoms with E-state index in [9.17, 15) is 9.59 Å². The highest BCUT2D eigenvalue weighted by Crippen LogP contribution is 2.33. The van der Waals surface area contributed by atoms with Gasteiger partial charge in [0.2, 0.25) is 0 Å². The maximum atomic E-state index is 12.6. The van der Waals surface area contributed by atoms with E-state index in [2.05, 4.69) is 4.98 Å². The number of ether oxygens (including phenoxy) is 2. The average Bonchev–Trinajstić information content (AvgIpc) is 2.71. The molecule has 3 N–H and O–H groups in total. The summed E-state index contributed by atoms with van der Waals surface area (Å²) in [4.78, 5) is 29.0. The Hall–Kier alpha value is -3.23. The van der Waals surface area contributed by atoms with E-state index in [0.29, 0.717) is 23.9 Å². The molecular formula is C21H21ClN4O4. The molecule has 1 aromatic heterocycles. The molecule has 0 radical (unpaired) electrons. The number of aromatic nitrogens is 2. The summed E-state index contributed by atoms with van der Waals surface area (Å²) in [6, 6.07) is 13.0. The molecule has 1 aliphatic rings. The van der Waals surface area contributed by atoms with Gasteiger partial charge in [-0.15, -0.1) is 0 Å². The van der Waals surface area contributed by atoms with Gasteiger partial charge in [0.25, 0.3) is 5.56 Å². The fraction of sp³-hybridized carbons (Fsp3) is 0.238. The molecule has 0 saturated carbocycles. The molecule has 0 saturated heterocycles. The first-order valence-electron chi connectivity index (χ1n) is 9.33. The van der Waals surface area contributed by atoms with Gasteiger partial charge in [-0.25, -0.2) is 4.79 Å². The Kier molecular flexibility index (Phi) is 5.52. The molecule has 0 spiro atoms. The zero-order valence-electron chi connectivity index (χ0n) is 16.4. The number of anilines is 2. The Morgan fingerprint density at radius 2 is 2.00 bits per heavy atom. The number of aromatic amines is 1. The van der Waals surface area contributed by atoms with Crippen molar-refractivity contribution < 1.29 is 9.47 Å². The number of halogens is 1. The number of hydrogen-bond acceptors (Lipinski definition) is 6. The Morgan fingerprint density at radius 1 is 1.23 bits per heavy atom. The van der Waals surface area contributed by atoms with Crippen LogP contribution in [-0.4, -0.2) is 23.4 Å². The second-order valence-electron chi connectivity index (χ2n) is 7.08. The fourth-order valence-electron chi connectivity index (χ4n) is 3.58. The molecule has 2 aromatic carbocycles. The van der Waals surface area contributed by atoms with Gasteiger partial charge in [-0.1, -0.05) is 41.9 Å². The van der Waals surface area contributed by atoms with Crippen LogP contribution in [0.25, 0.3) is 0 Å². The minimum Gasteiger partial charge on any atom is -0.467 e. The van der Waals surface area contributed by atoms with Crippen molar-refractivity contribution in [1.82, 2.24) is 9.55 Å². The lowest BCUT2D eigenvalue weighted by Gasteiger charge is -2.25. The van der Waals surface area contributed by atoms with Gasteiger partial charge in [0.15, 0.2) is 6.79 Å². The van der Waals surface area contributed by atoms with Crippen molar-refractivity contribution in [3.05, 3.63) is 85.0 Å². The summed E-state index contributed by atoms with van der Waals surface area (Å²) < 4.78 is 12.3. The van der Waals surface area contributed by atoms with Crippen LogP contribution in [0.2, 0.25) is 5.02 Å². The predicted molar refractivity (Wildman–Crippen MR) is 115 cm³/mol. The molecular weight excluding hydrogens is 408 g/mol. The molecule has 8 nitrogen and oxygen atoms in total. The van der Waals surface area contributed by atoms with Crippen LogP contribution in [0.1, 0.15) is 16.7 Å². The lowest BCUT2D eigenvalue weighted by atomic mass is 10.1. The molecule has 3 aromatic rings. The van der Waals surface area contributed by atoms with Gasteiger partial charge in [0.1, 0.15) is 17.3 Å². The monoisotopic (exact) mass is 428 g/mol. The van der Waals surface area contributed by atoms with Gasteiger partial charge in [-0.3, -0.25) is 14.3 Å². The third-order valence-corrected chi connectivity index (χ3v) is 5.16. The molecule has 0 aliphatic carbocycles. The zero-order valence-corrected chi connectivity index (χ0v) is 17.1. The normalized spacial score (nSPS) is 12.9. The number of benzene rings is 2. The molecule has 156 valence electrons. The Balaban J connectivity index is 1.71. The highest BCUT2D eigenvalue weighted by Gasteiger charge is 2.21. The van der Waals surface area contributed by atoms with E-state index in [0.717, 1.165) is 16.7 Å². The van der Waals surface area contributed by atoms with E-state index in [1.807, 2.05) is 30.3 Å². The van der Waals surface area contributed by atoms with Crippen molar-refractivity contribution in [3.8, 4) is 5.75 Å². The van der Waals surface area contributed by atoms with E-state index in [1.54, 1.807) is 24.1 Å². The smallest absolute Gasteiger partial charge is 0.330 e. The first-order valence-corrected chi connectivity index (χ1v) is 9.71. The SMILES string of the molecule is CN(Cc1cc(Cl)cc2c1OCOC2)c1c(N)n(Cc2ccccc2)c(=O)[nH]c1=O. The molecule has 4 rings (SSSR count). The van der Waals surface area contributed by atoms with Crippen molar-refractivity contribution in [3.63, 3.8) is 0 Å². The molecule has 9 heteroatoms. The van der Waals surface area contributed by atoms with Crippen LogP contribution in [0.5, 0.6) is 5.75 Å². The lowest BCUT2D eigenvalue weighted by Crippen LogP contribution is -2.37. The van der Waals surface area contributed by atoms with E-state index in [-0.39, 0.29) is 24.8 Å². The Bertz CT molecular complexity index is 1190. The van der Waals surface area contributed by atoms with Crippen LogP contribution in [-0.2, 0) is 24.4 Å². The topological polar surface area (TPSA) is 103 Å². The minimum atomic E-state index is -0.556. The lowest BCUT2D eigenvalue weighted by molar-refractivity contribution is -0.0170. The largest absolute Gasteiger partial charge is 0.467 e. The molecule has 0 atom stereocenters. The van der Waals surface area contributed by atoms with Gasteiger partial charge < -0.3 is 20.1 Å². The number of nitrogens with two attached hydrogens (primary N) is 1. The second-order valence-corrected chi connectivity index (χ2v) is 7.52. The van der Waals surface area contributed by atoms with Gasteiger partial charge in [0.05, 0.1) is 13.2 Å². The number of nitrogens with one attached hydrogen (secondary N) is 1. The molecule has 30 heavy (non-hydrogen) atoms. The van der Waals surface area contributed by atoms with E-state index < -0.39 is 11.2 Å². The first-order chi connectivity index (χ1) is 14.4. The average molecular weight is 429 g/mol. The van der Waals surface area contributed by atoms with Crippen molar-refractivity contribution >= 4 is 23.1 Å². The van der Waals surface area contributed by atoms with E-state index in [1.165, 1.54) is 4.57 Å². The minimum absolute atomic E-state index is 0.0928. The summed E-state index contributed by atoms with van der Waals surface area (Å²) in [6.45, 7) is 1.10. The number of nitrogen functional groups attached to an aromatic ring is 1. The number of H-pyrrole nitrogens is 1. The summed E-state index contributed by atoms with van der Waals surface area (Å²) in [7, 11) is 1.73. The molecule has 0 amide bonds. The number of rotatable bonds is 5. The van der Waals surface area contributed by atoms with Crippen LogP contribution in [0.15, 0.2) is 52.1 Å². The fourth-order valence-corrected chi connectivity index (χ4v) is 3.84. The molecule has 0 bridgehead atoms. The van der Waals surface area contributed by atoms with E-state index in [4.69, 9.17) is 26.8 Å². The van der Waals surface area contributed by atoms with Crippen LogP contribution < -0.4 is 26.6 Å². The summed E-state index contributed by atoms with van der Waals surface area (Å²) in [5.41, 5.74) is 7.90. The second kappa shape index (κ2) is 8.25. The highest BCUT2D eigenvalue weighted by molar-refractivity contribution is 6.30. The summed E-state index contributed by atoms with van der Waals surface area (Å²) in [5, 5.41) is 0.544. The predicted octanol–water partition coefficient (Wildman–Crippen LogP) is 2.32. The van der Waals surface area contributed by atoms with Gasteiger partial charge in [0, 0.05) is 29.7 Å². The maximum Gasteiger partial charge on any atom is 0.330 e. The zero-order chi connectivity index (χ0) is 21.3. The molecule has 2 heterocycles. The summed E-state index contributed by atoms with van der Waals surface area (Å²) >= 11 is 6.24. The third-order valence-electron chi connectivity index (χ3n) is 4.94. The Labute approximate surface area is 177 Å². The van der Waals surface area contributed by atoms with Crippen molar-refractivity contribution in [1.29, 1.82) is 0 Å². The number of nitrogens with zero attached hydrogens (tertiary/aromatic N) is 2. The van der Waals surface area contributed by atoms with Crippen molar-refractivity contribution in [2.45, 2.75) is 19.7 Å². The standard InChI is InChI=1S/C21H21ClN4O4/c1-25(10-14-7-16(22)8-15-11-29-12-30-18(14)15)17-19(23)26(21(28)24-20(17)27)9-13-5-3-2-4-6-13/h2-8H,9-12,23H2,1H3,(H,24,27,28). The maximum absolute atomic E-state index is 12.6. The number of fused-ring (bicyclic) bond motifs is 1. The van der Waals surface area contributed by atoms with Crippen molar-refractivity contribution in [2.75, 3.05) is 24.5 Å². The summed E-state index contributed by atoms with van der Waals surface area (Å²) in [6.07, 6.45) is 0. The molecule has 1 aliphatic heterocycles. The van der Waals surface area contributed by atoms with E-state index >= 15 is 0 Å². The van der Waals surface area contributed by atoms with Gasteiger partial charge in [-0.2, -0.15) is 0 Å². The number of hydrogen-bond donors (Lipinski definition) is 2.